The molecule has 0 saturated carbocycles. The third kappa shape index (κ3) is 4.52. The lowest BCUT2D eigenvalue weighted by molar-refractivity contribution is 0.385. The maximum absolute atomic E-state index is 12.1. The lowest BCUT2D eigenvalue weighted by Crippen LogP contribution is -2.14. The molecule has 0 spiro atoms. The number of fused-ring (bicyclic) bond motifs is 1. The molecule has 0 amide bonds. The van der Waals surface area contributed by atoms with Crippen molar-refractivity contribution in [3.63, 3.8) is 0 Å². The molecule has 0 unspecified atom stereocenters. The maximum Gasteiger partial charge on any atom is 0.243 e. The molecule has 35 heavy (non-hydrogen) atoms. The van der Waals surface area contributed by atoms with Crippen LogP contribution < -0.4 is 15.2 Å². The Morgan fingerprint density at radius 3 is 2.60 bits per heavy atom. The van der Waals surface area contributed by atoms with Gasteiger partial charge in [-0.2, -0.15) is 0 Å². The summed E-state index contributed by atoms with van der Waals surface area (Å²) in [6.07, 6.45) is 8.12. The number of pyridine rings is 1. The highest BCUT2D eigenvalue weighted by Crippen LogP contribution is 2.32. The number of sulfonamides is 1. The van der Waals surface area contributed by atoms with Crippen LogP contribution in [0.4, 0.5) is 5.82 Å². The molecule has 0 atom stereocenters. The van der Waals surface area contributed by atoms with E-state index in [9.17, 15) is 8.42 Å². The molecule has 0 saturated heterocycles. The minimum absolute atomic E-state index is 0.106. The fourth-order valence-corrected chi connectivity index (χ4v) is 4.30. The first kappa shape index (κ1) is 22.4. The fraction of sp³-hybridized carbons (Fsp3) is 0.0870. The Hall–Kier alpha value is -4.42. The SMILES string of the molecule is COc1ncc(-c2nc(NCc3cnccn3)c3c(-c4ccccc4)ccn3n2)cc1S(N)(=O)=O. The second-order valence-corrected chi connectivity index (χ2v) is 9.03. The van der Waals surface area contributed by atoms with Crippen molar-refractivity contribution in [2.75, 3.05) is 12.4 Å². The van der Waals surface area contributed by atoms with Gasteiger partial charge in [0, 0.05) is 35.9 Å². The smallest absolute Gasteiger partial charge is 0.243 e. The van der Waals surface area contributed by atoms with Crippen molar-refractivity contribution in [2.45, 2.75) is 11.4 Å². The molecule has 5 rings (SSSR count). The first-order valence-corrected chi connectivity index (χ1v) is 12.0. The molecule has 5 aromatic rings. The van der Waals surface area contributed by atoms with Gasteiger partial charge in [0.15, 0.2) is 11.6 Å². The summed E-state index contributed by atoms with van der Waals surface area (Å²) in [5, 5.41) is 13.3. The van der Waals surface area contributed by atoms with Crippen molar-refractivity contribution < 1.29 is 13.2 Å². The summed E-state index contributed by atoms with van der Waals surface area (Å²) < 4.78 is 30.9. The van der Waals surface area contributed by atoms with E-state index >= 15 is 0 Å². The van der Waals surface area contributed by atoms with Gasteiger partial charge < -0.3 is 10.1 Å². The average Bonchev–Trinajstić information content (AvgIpc) is 3.32. The molecule has 0 aliphatic carbocycles. The molecule has 0 radical (unpaired) electrons. The standard InChI is InChI=1S/C23H20N8O3S/c1-34-23-19(35(24,32)33)11-16(12-28-23)21-29-22(27-14-17-13-25-8-9-26-17)20-18(7-10-31(20)30-21)15-5-3-2-4-6-15/h2-13H,14H2,1H3,(H2,24,32,33)(H,27,29,30). The molecule has 11 nitrogen and oxygen atoms in total. The zero-order valence-electron chi connectivity index (χ0n) is 18.5. The largest absolute Gasteiger partial charge is 0.480 e. The third-order valence-corrected chi connectivity index (χ3v) is 6.13. The Balaban J connectivity index is 1.66. The average molecular weight is 489 g/mol. The van der Waals surface area contributed by atoms with Gasteiger partial charge in [-0.25, -0.2) is 28.0 Å². The lowest BCUT2D eigenvalue weighted by atomic mass is 10.1. The summed E-state index contributed by atoms with van der Waals surface area (Å²) in [6, 6.07) is 13.2. The highest BCUT2D eigenvalue weighted by molar-refractivity contribution is 7.89. The van der Waals surface area contributed by atoms with Gasteiger partial charge in [-0.1, -0.05) is 30.3 Å². The van der Waals surface area contributed by atoms with Crippen LogP contribution in [-0.4, -0.2) is 45.1 Å². The summed E-state index contributed by atoms with van der Waals surface area (Å²) in [4.78, 5) is 16.9. The van der Waals surface area contributed by atoms with Crippen molar-refractivity contribution in [3.8, 4) is 28.4 Å². The van der Waals surface area contributed by atoms with E-state index in [1.54, 1.807) is 23.1 Å². The number of anilines is 1. The summed E-state index contributed by atoms with van der Waals surface area (Å²) in [6.45, 7) is 0.364. The number of aromatic nitrogens is 6. The summed E-state index contributed by atoms with van der Waals surface area (Å²) in [7, 11) is -2.77. The number of methoxy groups -OCH3 is 1. The minimum atomic E-state index is -4.09. The number of nitrogens with zero attached hydrogens (tertiary/aromatic N) is 6. The number of hydrogen-bond donors (Lipinski definition) is 2. The number of nitrogens with two attached hydrogens (primary N) is 1. The highest BCUT2D eigenvalue weighted by atomic mass is 32.2. The van der Waals surface area contributed by atoms with E-state index < -0.39 is 10.0 Å². The molecule has 0 fully saturated rings. The molecule has 0 aliphatic heterocycles. The van der Waals surface area contributed by atoms with Gasteiger partial charge in [0.05, 0.1) is 25.5 Å². The summed E-state index contributed by atoms with van der Waals surface area (Å²) >= 11 is 0. The molecule has 0 aliphatic rings. The Labute approximate surface area is 200 Å². The van der Waals surface area contributed by atoms with E-state index in [1.807, 2.05) is 42.6 Å². The van der Waals surface area contributed by atoms with Crippen LogP contribution in [0, 0.1) is 0 Å². The Kier molecular flexibility index (Phi) is 5.81. The van der Waals surface area contributed by atoms with Crippen molar-refractivity contribution in [3.05, 3.63) is 79.1 Å². The minimum Gasteiger partial charge on any atom is -0.480 e. The number of hydrogen-bond acceptors (Lipinski definition) is 9. The van der Waals surface area contributed by atoms with Crippen LogP contribution in [0.25, 0.3) is 28.0 Å². The van der Waals surface area contributed by atoms with Gasteiger partial charge in [-0.3, -0.25) is 9.97 Å². The molecule has 4 aromatic heterocycles. The summed E-state index contributed by atoms with van der Waals surface area (Å²) in [5.74, 6) is 0.664. The van der Waals surface area contributed by atoms with Crippen LogP contribution in [-0.2, 0) is 16.6 Å². The second kappa shape index (κ2) is 9.08. The Bertz CT molecular complexity index is 1610. The zero-order chi connectivity index (χ0) is 24.4. The van der Waals surface area contributed by atoms with Crippen LogP contribution in [0.1, 0.15) is 5.69 Å². The van der Waals surface area contributed by atoms with Crippen LogP contribution >= 0.6 is 0 Å². The maximum atomic E-state index is 12.1. The number of rotatable bonds is 7. The monoisotopic (exact) mass is 488 g/mol. The first-order chi connectivity index (χ1) is 16.9. The van der Waals surface area contributed by atoms with Crippen LogP contribution in [0.5, 0.6) is 5.88 Å². The molecular weight excluding hydrogens is 468 g/mol. The van der Waals surface area contributed by atoms with Gasteiger partial charge >= 0.3 is 0 Å². The van der Waals surface area contributed by atoms with Crippen LogP contribution in [0.3, 0.4) is 0 Å². The predicted molar refractivity (Wildman–Crippen MR) is 129 cm³/mol. The first-order valence-electron chi connectivity index (χ1n) is 10.4. The van der Waals surface area contributed by atoms with Gasteiger partial charge in [-0.15, -0.1) is 5.10 Å². The zero-order valence-corrected chi connectivity index (χ0v) is 19.3. The summed E-state index contributed by atoms with van der Waals surface area (Å²) in [5.41, 5.74) is 3.75. The van der Waals surface area contributed by atoms with E-state index in [1.165, 1.54) is 19.4 Å². The topological polar surface area (TPSA) is 150 Å². The van der Waals surface area contributed by atoms with E-state index in [-0.39, 0.29) is 16.6 Å². The number of primary sulfonamides is 1. The molecule has 3 N–H and O–H groups in total. The number of benzene rings is 1. The quantitative estimate of drug-likeness (QED) is 0.352. The molecule has 0 bridgehead atoms. The molecule has 4 heterocycles. The van der Waals surface area contributed by atoms with Crippen LogP contribution in [0.15, 0.2) is 78.3 Å². The highest BCUT2D eigenvalue weighted by Gasteiger charge is 2.20. The predicted octanol–water partition coefficient (Wildman–Crippen LogP) is 2.52. The van der Waals surface area contributed by atoms with Crippen molar-refractivity contribution in [1.82, 2.24) is 29.5 Å². The second-order valence-electron chi connectivity index (χ2n) is 7.50. The number of nitrogens with one attached hydrogen (secondary N) is 1. The van der Waals surface area contributed by atoms with E-state index in [0.717, 1.165) is 22.3 Å². The Morgan fingerprint density at radius 2 is 1.89 bits per heavy atom. The third-order valence-electron chi connectivity index (χ3n) is 5.23. The van der Waals surface area contributed by atoms with E-state index in [4.69, 9.17) is 14.9 Å². The van der Waals surface area contributed by atoms with Gasteiger partial charge in [0.2, 0.25) is 15.9 Å². The normalized spacial score (nSPS) is 11.5. The van der Waals surface area contributed by atoms with Crippen molar-refractivity contribution in [1.29, 1.82) is 0 Å². The molecule has 176 valence electrons. The van der Waals surface area contributed by atoms with Crippen molar-refractivity contribution >= 4 is 21.4 Å². The van der Waals surface area contributed by atoms with Gasteiger partial charge in [-0.05, 0) is 17.7 Å². The fourth-order valence-electron chi connectivity index (χ4n) is 3.63. The van der Waals surface area contributed by atoms with E-state index in [0.29, 0.717) is 17.9 Å². The molecule has 12 heteroatoms. The van der Waals surface area contributed by atoms with E-state index in [2.05, 4.69) is 25.4 Å². The molecule has 1 aromatic carbocycles. The van der Waals surface area contributed by atoms with Gasteiger partial charge in [0.1, 0.15) is 10.4 Å². The lowest BCUT2D eigenvalue weighted by Gasteiger charge is -2.12. The molecular formula is C23H20N8O3S. The Morgan fingerprint density at radius 1 is 1.06 bits per heavy atom. The van der Waals surface area contributed by atoms with Crippen LogP contribution in [0.2, 0.25) is 0 Å². The van der Waals surface area contributed by atoms with Crippen molar-refractivity contribution in [2.24, 2.45) is 5.14 Å². The number of ether oxygens (including phenoxy) is 1. The van der Waals surface area contributed by atoms with Gasteiger partial charge in [0.25, 0.3) is 0 Å².